The summed E-state index contributed by atoms with van der Waals surface area (Å²) in [7, 11) is 0. The van der Waals surface area contributed by atoms with Crippen LogP contribution in [0.5, 0.6) is 0 Å². The van der Waals surface area contributed by atoms with Crippen molar-refractivity contribution in [1.29, 1.82) is 0 Å². The molecule has 8 nitrogen and oxygen atoms in total. The maximum Gasteiger partial charge on any atom is 0.151 e. The summed E-state index contributed by atoms with van der Waals surface area (Å²) < 4.78 is 0. The minimum absolute atomic E-state index is 0.569. The Labute approximate surface area is 111 Å². The number of nitrogens with two attached hydrogens (primary N) is 2. The Morgan fingerprint density at radius 3 is 1.63 bits per heavy atom. The predicted octanol–water partition coefficient (Wildman–Crippen LogP) is -0.899. The second kappa shape index (κ2) is 6.95. The van der Waals surface area contributed by atoms with Crippen molar-refractivity contribution in [3.8, 4) is 0 Å². The Morgan fingerprint density at radius 2 is 1.21 bits per heavy atom. The fraction of sp³-hybridized carbons (Fsp3) is 0.636. The quantitative estimate of drug-likeness (QED) is 0.488. The van der Waals surface area contributed by atoms with Gasteiger partial charge in [0, 0.05) is 25.7 Å². The lowest BCUT2D eigenvalue weighted by atomic mass is 10.2. The molecule has 2 aromatic heterocycles. The summed E-state index contributed by atoms with van der Waals surface area (Å²) in [5, 5.41) is 14.0. The van der Waals surface area contributed by atoms with Crippen LogP contribution in [0.2, 0.25) is 0 Å². The summed E-state index contributed by atoms with van der Waals surface area (Å²) in [6.45, 7) is 1.14. The molecule has 104 valence electrons. The lowest BCUT2D eigenvalue weighted by molar-refractivity contribution is 0.743. The summed E-state index contributed by atoms with van der Waals surface area (Å²) in [6, 6.07) is 0. The average molecular weight is 264 g/mol. The van der Waals surface area contributed by atoms with E-state index in [-0.39, 0.29) is 0 Å². The number of H-pyrrole nitrogens is 2. The van der Waals surface area contributed by atoms with Gasteiger partial charge >= 0.3 is 0 Å². The summed E-state index contributed by atoms with van der Waals surface area (Å²) in [4.78, 5) is 8.71. The fourth-order valence-corrected chi connectivity index (χ4v) is 1.80. The highest BCUT2D eigenvalue weighted by Gasteiger charge is 2.05. The molecule has 0 aliphatic rings. The molecule has 2 aromatic rings. The van der Waals surface area contributed by atoms with E-state index in [0.29, 0.717) is 25.9 Å². The maximum absolute atomic E-state index is 5.45. The van der Waals surface area contributed by atoms with Gasteiger partial charge in [-0.05, 0) is 19.5 Å². The SMILES string of the molecule is NCCc1n[nH]c(CCCc2nc(CCN)n[nH]2)n1. The third-order valence-electron chi connectivity index (χ3n) is 2.72. The van der Waals surface area contributed by atoms with Crippen molar-refractivity contribution in [2.75, 3.05) is 13.1 Å². The fourth-order valence-electron chi connectivity index (χ4n) is 1.80. The Kier molecular flexibility index (Phi) is 4.99. The molecular weight excluding hydrogens is 244 g/mol. The molecule has 0 saturated heterocycles. The van der Waals surface area contributed by atoms with Crippen molar-refractivity contribution in [3.05, 3.63) is 23.3 Å². The van der Waals surface area contributed by atoms with Gasteiger partial charge in [0.25, 0.3) is 0 Å². The van der Waals surface area contributed by atoms with Gasteiger partial charge in [0.2, 0.25) is 0 Å². The normalized spacial score (nSPS) is 11.1. The molecule has 0 saturated carbocycles. The predicted molar refractivity (Wildman–Crippen MR) is 70.3 cm³/mol. The number of aromatic nitrogens is 6. The van der Waals surface area contributed by atoms with E-state index < -0.39 is 0 Å². The first-order chi connectivity index (χ1) is 9.31. The third kappa shape index (κ3) is 4.11. The number of aryl methyl sites for hydroxylation is 2. The molecule has 19 heavy (non-hydrogen) atoms. The molecule has 2 rings (SSSR count). The third-order valence-corrected chi connectivity index (χ3v) is 2.72. The van der Waals surface area contributed by atoms with E-state index >= 15 is 0 Å². The van der Waals surface area contributed by atoms with Crippen LogP contribution in [0.25, 0.3) is 0 Å². The molecule has 2 heterocycles. The lowest BCUT2D eigenvalue weighted by Gasteiger charge is -1.94. The van der Waals surface area contributed by atoms with Crippen molar-refractivity contribution in [1.82, 2.24) is 30.4 Å². The van der Waals surface area contributed by atoms with Crippen molar-refractivity contribution >= 4 is 0 Å². The van der Waals surface area contributed by atoms with Gasteiger partial charge in [0.05, 0.1) is 0 Å². The number of nitrogens with zero attached hydrogens (tertiary/aromatic N) is 4. The number of hydrogen-bond donors (Lipinski definition) is 4. The molecule has 0 unspecified atom stereocenters. The van der Waals surface area contributed by atoms with Crippen LogP contribution >= 0.6 is 0 Å². The van der Waals surface area contributed by atoms with Crippen LogP contribution in [-0.2, 0) is 25.7 Å². The first-order valence-electron chi connectivity index (χ1n) is 6.52. The molecule has 8 heteroatoms. The monoisotopic (exact) mass is 264 g/mol. The molecule has 0 bridgehead atoms. The van der Waals surface area contributed by atoms with Crippen molar-refractivity contribution in [2.45, 2.75) is 32.1 Å². The largest absolute Gasteiger partial charge is 0.330 e. The molecule has 0 atom stereocenters. The average Bonchev–Trinajstić information content (AvgIpc) is 3.01. The zero-order valence-electron chi connectivity index (χ0n) is 10.9. The standard InChI is InChI=1S/C11H20N8/c12-6-4-10-14-8(16-18-10)2-1-3-9-15-11(5-7-13)19-17-9/h1-7,12-13H2,(H,14,16,18)(H,15,17,19). The molecular formula is C11H20N8. The molecule has 0 aliphatic carbocycles. The highest BCUT2D eigenvalue weighted by Crippen LogP contribution is 2.02. The van der Waals surface area contributed by atoms with Crippen LogP contribution in [0, 0.1) is 0 Å². The topological polar surface area (TPSA) is 135 Å². The minimum Gasteiger partial charge on any atom is -0.330 e. The first-order valence-corrected chi connectivity index (χ1v) is 6.52. The second-order valence-electron chi connectivity index (χ2n) is 4.33. The van der Waals surface area contributed by atoms with E-state index in [2.05, 4.69) is 30.4 Å². The van der Waals surface area contributed by atoms with E-state index in [1.54, 1.807) is 0 Å². The van der Waals surface area contributed by atoms with Crippen molar-refractivity contribution < 1.29 is 0 Å². The van der Waals surface area contributed by atoms with Crippen LogP contribution in [-0.4, -0.2) is 43.5 Å². The zero-order chi connectivity index (χ0) is 13.5. The van der Waals surface area contributed by atoms with Crippen LogP contribution in [0.1, 0.15) is 29.7 Å². The van der Waals surface area contributed by atoms with Crippen LogP contribution in [0.15, 0.2) is 0 Å². The summed E-state index contributed by atoms with van der Waals surface area (Å²) in [5.74, 6) is 3.35. The molecule has 0 aromatic carbocycles. The minimum atomic E-state index is 0.569. The number of aromatic amines is 2. The highest BCUT2D eigenvalue weighted by atomic mass is 15.2. The van der Waals surface area contributed by atoms with Gasteiger partial charge in [-0.3, -0.25) is 10.2 Å². The molecule has 0 aliphatic heterocycles. The number of hydrogen-bond acceptors (Lipinski definition) is 6. The summed E-state index contributed by atoms with van der Waals surface area (Å²) >= 11 is 0. The van der Waals surface area contributed by atoms with Gasteiger partial charge in [-0.1, -0.05) is 0 Å². The van der Waals surface area contributed by atoms with Gasteiger partial charge in [-0.25, -0.2) is 9.97 Å². The highest BCUT2D eigenvalue weighted by molar-refractivity contribution is 4.94. The first kappa shape index (κ1) is 13.6. The van der Waals surface area contributed by atoms with Crippen LogP contribution in [0.4, 0.5) is 0 Å². The number of nitrogens with one attached hydrogen (secondary N) is 2. The van der Waals surface area contributed by atoms with Crippen LogP contribution in [0.3, 0.4) is 0 Å². The van der Waals surface area contributed by atoms with Gasteiger partial charge < -0.3 is 11.5 Å². The van der Waals surface area contributed by atoms with Gasteiger partial charge in [-0.15, -0.1) is 0 Å². The Hall–Kier alpha value is -1.80. The molecule has 0 radical (unpaired) electrons. The molecule has 0 amide bonds. The zero-order valence-corrected chi connectivity index (χ0v) is 10.9. The lowest BCUT2D eigenvalue weighted by Crippen LogP contribution is -2.04. The van der Waals surface area contributed by atoms with Gasteiger partial charge in [-0.2, -0.15) is 10.2 Å². The maximum atomic E-state index is 5.45. The Bertz CT molecular complexity index is 444. The molecule has 6 N–H and O–H groups in total. The second-order valence-corrected chi connectivity index (χ2v) is 4.33. The Balaban J connectivity index is 1.75. The molecule has 0 fully saturated rings. The van der Waals surface area contributed by atoms with E-state index in [0.717, 1.165) is 42.6 Å². The van der Waals surface area contributed by atoms with E-state index in [4.69, 9.17) is 11.5 Å². The summed E-state index contributed by atoms with van der Waals surface area (Å²) in [6.07, 6.45) is 4.03. The van der Waals surface area contributed by atoms with Gasteiger partial charge in [0.15, 0.2) is 11.6 Å². The van der Waals surface area contributed by atoms with E-state index in [9.17, 15) is 0 Å². The molecule has 0 spiro atoms. The number of rotatable bonds is 8. The van der Waals surface area contributed by atoms with Crippen molar-refractivity contribution in [2.24, 2.45) is 11.5 Å². The van der Waals surface area contributed by atoms with Gasteiger partial charge in [0.1, 0.15) is 11.6 Å². The van der Waals surface area contributed by atoms with E-state index in [1.165, 1.54) is 0 Å². The van der Waals surface area contributed by atoms with E-state index in [1.807, 2.05) is 0 Å². The van der Waals surface area contributed by atoms with Crippen molar-refractivity contribution in [3.63, 3.8) is 0 Å². The Morgan fingerprint density at radius 1 is 0.737 bits per heavy atom. The van der Waals surface area contributed by atoms with Crippen LogP contribution < -0.4 is 11.5 Å². The summed E-state index contributed by atoms with van der Waals surface area (Å²) in [5.41, 5.74) is 10.9. The smallest absolute Gasteiger partial charge is 0.151 e.